The lowest BCUT2D eigenvalue weighted by Crippen LogP contribution is -2.51. The lowest BCUT2D eigenvalue weighted by atomic mass is 10.0. The molecule has 6 heteroatoms. The Morgan fingerprint density at radius 2 is 1.67 bits per heavy atom. The molecule has 0 saturated heterocycles. The summed E-state index contributed by atoms with van der Waals surface area (Å²) in [7, 11) is 0. The molecule has 6 nitrogen and oxygen atoms in total. The Morgan fingerprint density at radius 1 is 1.03 bits per heavy atom. The van der Waals surface area contributed by atoms with Gasteiger partial charge in [-0.2, -0.15) is 0 Å². The molecule has 178 valence electrons. The van der Waals surface area contributed by atoms with Gasteiger partial charge in [-0.15, -0.1) is 0 Å². The Kier molecular flexibility index (Phi) is 9.52. The molecule has 1 atom stereocenters. The molecule has 0 aliphatic heterocycles. The molecule has 33 heavy (non-hydrogen) atoms. The third-order valence-corrected chi connectivity index (χ3v) is 4.69. The Labute approximate surface area is 197 Å². The van der Waals surface area contributed by atoms with E-state index in [0.717, 1.165) is 11.1 Å². The van der Waals surface area contributed by atoms with Gasteiger partial charge in [0.1, 0.15) is 17.4 Å². The van der Waals surface area contributed by atoms with E-state index in [0.29, 0.717) is 25.3 Å². The van der Waals surface area contributed by atoms with E-state index in [1.54, 1.807) is 25.7 Å². The molecule has 0 bridgehead atoms. The van der Waals surface area contributed by atoms with Crippen LogP contribution in [0.5, 0.6) is 5.75 Å². The van der Waals surface area contributed by atoms with Gasteiger partial charge in [0.05, 0.1) is 6.26 Å². The molecule has 0 aliphatic rings. The van der Waals surface area contributed by atoms with E-state index >= 15 is 0 Å². The van der Waals surface area contributed by atoms with Gasteiger partial charge in [0, 0.05) is 19.5 Å². The molecule has 2 aromatic carbocycles. The summed E-state index contributed by atoms with van der Waals surface area (Å²) in [5.41, 5.74) is 1.27. The van der Waals surface area contributed by atoms with E-state index in [1.165, 1.54) is 6.26 Å². The zero-order valence-corrected chi connectivity index (χ0v) is 20.3. The van der Waals surface area contributed by atoms with Crippen molar-refractivity contribution in [1.29, 1.82) is 0 Å². The van der Waals surface area contributed by atoms with Gasteiger partial charge >= 0.3 is 6.09 Å². The molecular weight excluding hydrogens is 416 g/mol. The highest BCUT2D eigenvalue weighted by Crippen LogP contribution is 2.17. The van der Waals surface area contributed by atoms with Crippen LogP contribution in [-0.4, -0.2) is 35.1 Å². The van der Waals surface area contributed by atoms with Crippen LogP contribution in [0.25, 0.3) is 0 Å². The molecule has 0 saturated carbocycles. The fourth-order valence-corrected chi connectivity index (χ4v) is 3.38. The quantitative estimate of drug-likeness (QED) is 0.495. The second kappa shape index (κ2) is 12.1. The fourth-order valence-electron chi connectivity index (χ4n) is 3.38. The SMILES string of the molecule is C=COc1ccc(CN(CC(C)C)C(=O)[C@H](Cc2ccccc2)NC(=O)OC(C)(C)C)cc1. The van der Waals surface area contributed by atoms with Crippen molar-refractivity contribution in [3.05, 3.63) is 78.6 Å². The summed E-state index contributed by atoms with van der Waals surface area (Å²) in [6.45, 7) is 14.1. The number of benzene rings is 2. The summed E-state index contributed by atoms with van der Waals surface area (Å²) in [5, 5.41) is 2.80. The van der Waals surface area contributed by atoms with E-state index in [2.05, 4.69) is 25.7 Å². The summed E-state index contributed by atoms with van der Waals surface area (Å²) in [6, 6.07) is 16.4. The molecule has 0 radical (unpaired) electrons. The van der Waals surface area contributed by atoms with Gasteiger partial charge in [-0.05, 0) is 49.9 Å². The largest absolute Gasteiger partial charge is 0.466 e. The normalized spacial score (nSPS) is 12.1. The van der Waals surface area contributed by atoms with Gasteiger partial charge in [-0.3, -0.25) is 4.79 Å². The van der Waals surface area contributed by atoms with Crippen LogP contribution < -0.4 is 10.1 Å². The average molecular weight is 453 g/mol. The molecule has 2 aromatic rings. The smallest absolute Gasteiger partial charge is 0.408 e. The maximum atomic E-state index is 13.7. The van der Waals surface area contributed by atoms with Gasteiger partial charge in [0.25, 0.3) is 0 Å². The van der Waals surface area contributed by atoms with E-state index in [1.807, 2.05) is 54.6 Å². The number of hydrogen-bond acceptors (Lipinski definition) is 4. The molecule has 0 unspecified atom stereocenters. The molecule has 0 spiro atoms. The Hall–Kier alpha value is -3.28. The lowest BCUT2D eigenvalue weighted by molar-refractivity contribution is -0.134. The first-order valence-corrected chi connectivity index (χ1v) is 11.3. The van der Waals surface area contributed by atoms with E-state index < -0.39 is 17.7 Å². The van der Waals surface area contributed by atoms with Crippen LogP contribution in [0.1, 0.15) is 45.7 Å². The molecule has 0 fully saturated rings. The van der Waals surface area contributed by atoms with Crippen molar-refractivity contribution < 1.29 is 19.1 Å². The number of alkyl carbamates (subject to hydrolysis) is 1. The molecule has 0 heterocycles. The van der Waals surface area contributed by atoms with Gasteiger partial charge in [-0.1, -0.05) is 62.9 Å². The van der Waals surface area contributed by atoms with Crippen LogP contribution in [0.4, 0.5) is 4.79 Å². The highest BCUT2D eigenvalue weighted by Gasteiger charge is 2.29. The molecule has 1 N–H and O–H groups in total. The van der Waals surface area contributed by atoms with Gasteiger partial charge in [0.2, 0.25) is 5.91 Å². The van der Waals surface area contributed by atoms with Crippen molar-refractivity contribution >= 4 is 12.0 Å². The number of rotatable bonds is 10. The van der Waals surface area contributed by atoms with Crippen LogP contribution in [0.3, 0.4) is 0 Å². The van der Waals surface area contributed by atoms with Crippen LogP contribution in [0.2, 0.25) is 0 Å². The number of carbonyl (C=O) groups excluding carboxylic acids is 2. The molecule has 2 rings (SSSR count). The monoisotopic (exact) mass is 452 g/mol. The number of ether oxygens (including phenoxy) is 2. The van der Waals surface area contributed by atoms with Crippen LogP contribution in [0.15, 0.2) is 67.4 Å². The van der Waals surface area contributed by atoms with Gasteiger partial charge in [0.15, 0.2) is 0 Å². The minimum atomic E-state index is -0.746. The number of nitrogens with one attached hydrogen (secondary N) is 1. The van der Waals surface area contributed by atoms with Crippen LogP contribution in [-0.2, 0) is 22.5 Å². The highest BCUT2D eigenvalue weighted by atomic mass is 16.6. The average Bonchev–Trinajstić information content (AvgIpc) is 2.73. The zero-order valence-electron chi connectivity index (χ0n) is 20.3. The summed E-state index contributed by atoms with van der Waals surface area (Å²) >= 11 is 0. The highest BCUT2D eigenvalue weighted by molar-refractivity contribution is 5.86. The first-order valence-electron chi connectivity index (χ1n) is 11.3. The fraction of sp³-hybridized carbons (Fsp3) is 0.407. The third kappa shape index (κ3) is 9.39. The van der Waals surface area contributed by atoms with Crippen molar-refractivity contribution in [3.63, 3.8) is 0 Å². The van der Waals surface area contributed by atoms with Gasteiger partial charge in [-0.25, -0.2) is 4.79 Å². The maximum Gasteiger partial charge on any atom is 0.408 e. The predicted molar refractivity (Wildman–Crippen MR) is 131 cm³/mol. The summed E-state index contributed by atoms with van der Waals surface area (Å²) < 4.78 is 10.7. The first-order chi connectivity index (χ1) is 15.6. The van der Waals surface area contributed by atoms with E-state index in [-0.39, 0.29) is 11.8 Å². The second-order valence-corrected chi connectivity index (χ2v) is 9.43. The van der Waals surface area contributed by atoms with Crippen molar-refractivity contribution in [1.82, 2.24) is 10.2 Å². The third-order valence-electron chi connectivity index (χ3n) is 4.69. The van der Waals surface area contributed by atoms with Crippen molar-refractivity contribution in [2.24, 2.45) is 5.92 Å². The molecular formula is C27H36N2O4. The van der Waals surface area contributed by atoms with Gasteiger partial charge < -0.3 is 19.7 Å². The lowest BCUT2D eigenvalue weighted by Gasteiger charge is -2.30. The number of hydrogen-bond donors (Lipinski definition) is 1. The van der Waals surface area contributed by atoms with Crippen LogP contribution >= 0.6 is 0 Å². The van der Waals surface area contributed by atoms with Crippen LogP contribution in [0, 0.1) is 5.92 Å². The van der Waals surface area contributed by atoms with E-state index in [9.17, 15) is 9.59 Å². The first kappa shape index (κ1) is 26.0. The van der Waals surface area contributed by atoms with Crippen molar-refractivity contribution in [2.75, 3.05) is 6.54 Å². The van der Waals surface area contributed by atoms with E-state index in [4.69, 9.17) is 9.47 Å². The van der Waals surface area contributed by atoms with Crippen molar-refractivity contribution in [3.8, 4) is 5.75 Å². The molecule has 0 aromatic heterocycles. The number of carbonyl (C=O) groups is 2. The Balaban J connectivity index is 2.25. The Morgan fingerprint density at radius 3 is 2.21 bits per heavy atom. The topological polar surface area (TPSA) is 67.9 Å². The summed E-state index contributed by atoms with van der Waals surface area (Å²) in [6.07, 6.45) is 1.15. The Bertz CT molecular complexity index is 902. The maximum absolute atomic E-state index is 13.7. The molecule has 2 amide bonds. The number of amides is 2. The second-order valence-electron chi connectivity index (χ2n) is 9.43. The standard InChI is InChI=1S/C27H36N2O4/c1-7-32-23-15-13-22(14-16-23)19-29(18-20(2)3)25(30)24(17-21-11-9-8-10-12-21)28-26(31)33-27(4,5)6/h7-16,20,24H,1,17-19H2,2-6H3,(H,28,31)/t24-/m0/s1. The summed E-state index contributed by atoms with van der Waals surface area (Å²) in [4.78, 5) is 28.0. The molecule has 0 aliphatic carbocycles. The van der Waals surface area contributed by atoms with Crippen molar-refractivity contribution in [2.45, 2.75) is 59.2 Å². The minimum absolute atomic E-state index is 0.148. The predicted octanol–water partition coefficient (Wildman–Crippen LogP) is 5.33. The summed E-state index contributed by atoms with van der Waals surface area (Å²) in [5.74, 6) is 0.796. The number of nitrogens with zero attached hydrogens (tertiary/aromatic N) is 1. The minimum Gasteiger partial charge on any atom is -0.466 e. The zero-order chi connectivity index (χ0) is 24.4.